The van der Waals surface area contributed by atoms with Crippen molar-refractivity contribution in [1.82, 2.24) is 31.6 Å². The number of aliphatic carboxylic acids is 2. The fourth-order valence-electron chi connectivity index (χ4n) is 13.1. The lowest BCUT2D eigenvalue weighted by atomic mass is 9.54. The van der Waals surface area contributed by atoms with E-state index in [2.05, 4.69) is 92.3 Å². The number of aliphatic hydroxyl groups is 2. The number of carbonyl (C=O) groups excluding carboxylic acids is 3. The lowest BCUT2D eigenvalue weighted by Crippen LogP contribution is -2.56. The molecule has 2 amide bonds. The first-order valence-electron chi connectivity index (χ1n) is 25.0. The van der Waals surface area contributed by atoms with Crippen LogP contribution in [0, 0.1) is 28.6 Å². The summed E-state index contributed by atoms with van der Waals surface area (Å²) in [6, 6.07) is 11.1. The molecule has 9 N–H and O–H groups in total. The molecule has 2 fully saturated rings. The number of nitrogens with one attached hydrogen (secondary N) is 5. The Morgan fingerprint density at radius 1 is 0.986 bits per heavy atom. The highest BCUT2D eigenvalue weighted by Crippen LogP contribution is 2.69. The molecular formula is C53H66N6O10S. The van der Waals surface area contributed by atoms with Crippen molar-refractivity contribution in [2.24, 2.45) is 28.6 Å². The first-order valence-corrected chi connectivity index (χ1v) is 26.0. The monoisotopic (exact) mass is 978 g/mol. The van der Waals surface area contributed by atoms with Gasteiger partial charge in [-0.1, -0.05) is 86.2 Å². The Morgan fingerprint density at radius 2 is 1.73 bits per heavy atom. The van der Waals surface area contributed by atoms with Crippen LogP contribution >= 0.6 is 11.8 Å². The number of amides is 2. The van der Waals surface area contributed by atoms with Crippen LogP contribution in [0.3, 0.4) is 0 Å². The Bertz CT molecular complexity index is 2490. The minimum absolute atomic E-state index is 0.0749. The number of aromatic nitrogens is 1. The van der Waals surface area contributed by atoms with Gasteiger partial charge in [-0.25, -0.2) is 9.59 Å². The van der Waals surface area contributed by atoms with Crippen molar-refractivity contribution in [2.45, 2.75) is 125 Å². The second-order valence-electron chi connectivity index (χ2n) is 20.5. The van der Waals surface area contributed by atoms with Gasteiger partial charge in [-0.15, -0.1) is 11.8 Å². The number of thioether (sulfide) groups is 1. The molecule has 2 spiro atoms. The zero-order valence-electron chi connectivity index (χ0n) is 39.7. The van der Waals surface area contributed by atoms with E-state index in [1.165, 1.54) is 28.5 Å². The molecule has 2 aromatic rings. The summed E-state index contributed by atoms with van der Waals surface area (Å²) >= 11 is 1.40. The molecule has 9 rings (SSSR count). The topological polar surface area (TPSA) is 249 Å². The second-order valence-corrected chi connectivity index (χ2v) is 21.8. The minimum atomic E-state index is -2.47. The van der Waals surface area contributed by atoms with E-state index in [1.807, 2.05) is 12.4 Å². The molecule has 374 valence electrons. The number of pyridine rings is 1. The molecular weight excluding hydrogens is 913 g/mol. The van der Waals surface area contributed by atoms with Crippen LogP contribution in [0.4, 0.5) is 0 Å². The number of hydrogen-bond acceptors (Lipinski definition) is 13. The van der Waals surface area contributed by atoms with E-state index >= 15 is 4.79 Å². The number of esters is 1. The number of ether oxygens (including phenoxy) is 1. The zero-order chi connectivity index (χ0) is 49.3. The van der Waals surface area contributed by atoms with Crippen molar-refractivity contribution in [2.75, 3.05) is 26.0 Å². The maximum absolute atomic E-state index is 15.5. The largest absolute Gasteiger partial charge is 0.478 e. The third kappa shape index (κ3) is 9.40. The van der Waals surface area contributed by atoms with Crippen LogP contribution < -0.4 is 26.6 Å². The number of aliphatic hydroxyl groups excluding tert-OH is 1. The summed E-state index contributed by atoms with van der Waals surface area (Å²) in [6.07, 6.45) is 20.8. The molecule has 1 saturated carbocycles. The normalized spacial score (nSPS) is 29.2. The third-order valence-corrected chi connectivity index (χ3v) is 18.2. The van der Waals surface area contributed by atoms with Crippen molar-refractivity contribution in [1.29, 1.82) is 0 Å². The van der Waals surface area contributed by atoms with E-state index in [0.29, 0.717) is 18.6 Å². The first-order chi connectivity index (χ1) is 33.7. The Labute approximate surface area is 412 Å². The van der Waals surface area contributed by atoms with Crippen LogP contribution in [0.5, 0.6) is 0 Å². The van der Waals surface area contributed by atoms with Gasteiger partial charge in [-0.3, -0.25) is 24.7 Å². The molecule has 16 nitrogen and oxygen atoms in total. The quantitative estimate of drug-likeness (QED) is 0.0602. The van der Waals surface area contributed by atoms with Gasteiger partial charge >= 0.3 is 17.9 Å². The Kier molecular flexibility index (Phi) is 14.6. The van der Waals surface area contributed by atoms with Gasteiger partial charge < -0.3 is 46.4 Å². The number of carboxylic acids is 2. The number of fused-ring (bicyclic) bond motifs is 5. The number of nitrogens with zero attached hydrogens (tertiary/aromatic N) is 1. The van der Waals surface area contributed by atoms with E-state index in [9.17, 15) is 39.6 Å². The van der Waals surface area contributed by atoms with Crippen LogP contribution in [0.2, 0.25) is 0 Å². The molecule has 2 aliphatic heterocycles. The molecule has 17 heteroatoms. The maximum atomic E-state index is 15.5. The van der Waals surface area contributed by atoms with Gasteiger partial charge in [0.1, 0.15) is 17.7 Å². The van der Waals surface area contributed by atoms with Crippen LogP contribution in [0.1, 0.15) is 100 Å². The fourth-order valence-corrected chi connectivity index (χ4v) is 14.8. The average molecular weight is 979 g/mol. The van der Waals surface area contributed by atoms with E-state index in [-0.39, 0.29) is 36.3 Å². The van der Waals surface area contributed by atoms with E-state index in [0.717, 1.165) is 93.9 Å². The van der Waals surface area contributed by atoms with E-state index in [1.54, 1.807) is 7.05 Å². The molecule has 70 heavy (non-hydrogen) atoms. The lowest BCUT2D eigenvalue weighted by molar-refractivity contribution is -0.164. The van der Waals surface area contributed by atoms with Gasteiger partial charge in [0.15, 0.2) is 0 Å². The molecule has 1 aromatic heterocycles. The van der Waals surface area contributed by atoms with Gasteiger partial charge in [0.2, 0.25) is 23.8 Å². The summed E-state index contributed by atoms with van der Waals surface area (Å²) in [5.41, 5.74) is 3.52. The number of benzene rings is 1. The molecule has 9 unspecified atom stereocenters. The van der Waals surface area contributed by atoms with Crippen LogP contribution in [-0.4, -0.2) is 110 Å². The molecule has 7 aliphatic rings. The number of allylic oxidation sites excluding steroid dienone is 3. The van der Waals surface area contributed by atoms with Gasteiger partial charge in [0.25, 0.3) is 0 Å². The number of carboxylic acid groups (broad SMARTS) is 2. The van der Waals surface area contributed by atoms with Gasteiger partial charge in [0, 0.05) is 49.1 Å². The zero-order valence-corrected chi connectivity index (χ0v) is 40.5. The van der Waals surface area contributed by atoms with E-state index < -0.39 is 76.1 Å². The molecule has 2 bridgehead atoms. The smallest absolute Gasteiger partial charge is 0.353 e. The van der Waals surface area contributed by atoms with Crippen molar-refractivity contribution in [3.63, 3.8) is 0 Å². The standard InChI is InChI=1S/C53H66N6O10S/c1-54-31-57-53(68,49(66)67)21-13-39(60)58-38(45(61)59-46(62)47(63)64)30-70-52-23-22-50(17-5-2-6-18-51(52)19-7-8-20-51)29-36(27-32-14-24-55-25-15-32)40(41-42(50)44(52)69-48(41)65)43-37-28-35-10-4-3-9-33(35)11-12-34(37)16-26-56-43/h3-4,9-12,14-15,22-25,34,37-38,41,43,46,54,56-57,62,68H,2,5-8,13,16-21,26-31H2,1H3,(H,58,60)(H,59,61)(H,63,64)(H,66,67). The maximum Gasteiger partial charge on any atom is 0.353 e. The lowest BCUT2D eigenvalue weighted by Gasteiger charge is -2.54. The molecule has 3 heterocycles. The van der Waals surface area contributed by atoms with Gasteiger partial charge in [-0.2, -0.15) is 0 Å². The Balaban J connectivity index is 1.14. The highest BCUT2D eigenvalue weighted by Gasteiger charge is 2.65. The molecule has 0 radical (unpaired) electrons. The SMILES string of the molecule is CNCNC(O)(CCC(=O)NC(CSC12C=CC3(CCCCCC14CCCC4)CC(Cc1ccncc1)=C(C1NCCC4C=Cc5ccccc5CC41)C1C(=O)OC2=C13)C(=O)NC(O)C(=O)O)C(=O)O. The van der Waals surface area contributed by atoms with Crippen molar-refractivity contribution in [3.05, 3.63) is 106 Å². The predicted molar refractivity (Wildman–Crippen MR) is 262 cm³/mol. The second kappa shape index (κ2) is 20.5. The molecule has 9 atom stereocenters. The number of hydrogen-bond donors (Lipinski definition) is 9. The van der Waals surface area contributed by atoms with Crippen molar-refractivity contribution < 1.29 is 49.1 Å². The number of piperidine rings is 1. The average Bonchev–Trinajstić information content (AvgIpc) is 3.93. The highest BCUT2D eigenvalue weighted by atomic mass is 32.2. The number of carbonyl (C=O) groups is 5. The van der Waals surface area contributed by atoms with Gasteiger partial charge in [0.05, 0.1) is 4.75 Å². The third-order valence-electron chi connectivity index (χ3n) is 16.5. The summed E-state index contributed by atoms with van der Waals surface area (Å²) in [7, 11) is 1.55. The fraction of sp³-hybridized carbons (Fsp3) is 0.547. The molecule has 5 aliphatic carbocycles. The predicted octanol–water partition coefficient (Wildman–Crippen LogP) is 4.49. The van der Waals surface area contributed by atoms with Crippen LogP contribution in [-0.2, 0) is 41.6 Å². The Morgan fingerprint density at radius 3 is 2.47 bits per heavy atom. The van der Waals surface area contributed by atoms with Gasteiger partial charge in [-0.05, 0) is 122 Å². The molecule has 1 aromatic carbocycles. The highest BCUT2D eigenvalue weighted by molar-refractivity contribution is 8.01. The summed E-state index contributed by atoms with van der Waals surface area (Å²) in [6.45, 7) is 0.711. The Hall–Kier alpha value is -5.17. The summed E-state index contributed by atoms with van der Waals surface area (Å²) in [5.74, 6) is -5.08. The van der Waals surface area contributed by atoms with Crippen LogP contribution in [0.15, 0.2) is 89.5 Å². The minimum Gasteiger partial charge on any atom is -0.478 e. The summed E-state index contributed by atoms with van der Waals surface area (Å²) in [4.78, 5) is 71.4. The number of rotatable bonds is 17. The first kappa shape index (κ1) is 49.8. The van der Waals surface area contributed by atoms with Crippen LogP contribution in [0.25, 0.3) is 6.08 Å². The van der Waals surface area contributed by atoms with Crippen molar-refractivity contribution >= 4 is 47.6 Å². The summed E-state index contributed by atoms with van der Waals surface area (Å²) in [5, 5.41) is 54.5. The van der Waals surface area contributed by atoms with E-state index in [4.69, 9.17) is 4.74 Å². The van der Waals surface area contributed by atoms with Crippen molar-refractivity contribution in [3.8, 4) is 0 Å². The molecule has 1 saturated heterocycles. The summed E-state index contributed by atoms with van der Waals surface area (Å²) < 4.78 is 5.96.